The van der Waals surface area contributed by atoms with Gasteiger partial charge in [-0.25, -0.2) is 9.18 Å². The Morgan fingerprint density at radius 3 is 2.71 bits per heavy atom. The molecule has 1 N–H and O–H groups in total. The lowest BCUT2D eigenvalue weighted by molar-refractivity contribution is 0.214. The second kappa shape index (κ2) is 9.75. The average molecular weight is 439 g/mol. The Morgan fingerprint density at radius 2 is 1.94 bits per heavy atom. The second-order valence-electron chi connectivity index (χ2n) is 7.04. The van der Waals surface area contributed by atoms with E-state index in [-0.39, 0.29) is 17.2 Å². The van der Waals surface area contributed by atoms with Gasteiger partial charge in [-0.2, -0.15) is 0 Å². The van der Waals surface area contributed by atoms with E-state index >= 15 is 0 Å². The van der Waals surface area contributed by atoms with Crippen molar-refractivity contribution in [1.82, 2.24) is 4.90 Å². The summed E-state index contributed by atoms with van der Waals surface area (Å²) in [6.07, 6.45) is 0. The lowest BCUT2D eigenvalue weighted by atomic mass is 10.1. The van der Waals surface area contributed by atoms with Gasteiger partial charge in [0.1, 0.15) is 17.8 Å². The SMILES string of the molecule is COc1ccc(C2SCCN2C(=O)Nc2cccc(F)c2)cc1OCc1ccccc1. The molecule has 1 atom stereocenters. The van der Waals surface area contributed by atoms with Gasteiger partial charge in [-0.15, -0.1) is 11.8 Å². The zero-order valence-corrected chi connectivity index (χ0v) is 17.9. The lowest BCUT2D eigenvalue weighted by Crippen LogP contribution is -2.34. The Hall–Kier alpha value is -3.19. The van der Waals surface area contributed by atoms with Gasteiger partial charge in [0, 0.05) is 18.0 Å². The van der Waals surface area contributed by atoms with Crippen molar-refractivity contribution < 1.29 is 18.7 Å². The quantitative estimate of drug-likeness (QED) is 0.537. The first kappa shape index (κ1) is 21.1. The van der Waals surface area contributed by atoms with Crippen LogP contribution in [0.3, 0.4) is 0 Å². The number of hydrogen-bond acceptors (Lipinski definition) is 4. The van der Waals surface area contributed by atoms with Crippen LogP contribution in [0.1, 0.15) is 16.5 Å². The van der Waals surface area contributed by atoms with Gasteiger partial charge in [0.25, 0.3) is 0 Å². The number of methoxy groups -OCH3 is 1. The van der Waals surface area contributed by atoms with Crippen LogP contribution >= 0.6 is 11.8 Å². The van der Waals surface area contributed by atoms with Crippen LogP contribution in [0.4, 0.5) is 14.9 Å². The van der Waals surface area contributed by atoms with Gasteiger partial charge in [-0.3, -0.25) is 0 Å². The largest absolute Gasteiger partial charge is 0.493 e. The number of amides is 2. The third-order valence-electron chi connectivity index (χ3n) is 4.94. The van der Waals surface area contributed by atoms with E-state index in [1.165, 1.54) is 12.1 Å². The molecule has 0 aliphatic carbocycles. The maximum absolute atomic E-state index is 13.5. The number of carbonyl (C=O) groups is 1. The summed E-state index contributed by atoms with van der Waals surface area (Å²) in [5.41, 5.74) is 2.43. The van der Waals surface area contributed by atoms with E-state index in [2.05, 4.69) is 5.32 Å². The molecule has 0 bridgehead atoms. The fourth-order valence-electron chi connectivity index (χ4n) is 3.41. The van der Waals surface area contributed by atoms with Crippen molar-refractivity contribution in [2.45, 2.75) is 12.0 Å². The predicted octanol–water partition coefficient (Wildman–Crippen LogP) is 5.69. The number of benzene rings is 3. The van der Waals surface area contributed by atoms with Crippen molar-refractivity contribution in [2.24, 2.45) is 0 Å². The van der Waals surface area contributed by atoms with E-state index in [4.69, 9.17) is 9.47 Å². The minimum absolute atomic E-state index is 0.168. The second-order valence-corrected chi connectivity index (χ2v) is 8.23. The highest BCUT2D eigenvalue weighted by Crippen LogP contribution is 2.41. The van der Waals surface area contributed by atoms with Gasteiger partial charge < -0.3 is 19.7 Å². The van der Waals surface area contributed by atoms with Crippen LogP contribution < -0.4 is 14.8 Å². The van der Waals surface area contributed by atoms with Crippen molar-refractivity contribution in [3.8, 4) is 11.5 Å². The number of nitrogens with one attached hydrogen (secondary N) is 1. The van der Waals surface area contributed by atoms with Crippen molar-refractivity contribution in [3.63, 3.8) is 0 Å². The molecule has 1 fully saturated rings. The summed E-state index contributed by atoms with van der Waals surface area (Å²) in [6.45, 7) is 1.02. The summed E-state index contributed by atoms with van der Waals surface area (Å²) in [5, 5.41) is 2.62. The monoisotopic (exact) mass is 438 g/mol. The molecule has 1 aliphatic rings. The van der Waals surface area contributed by atoms with E-state index in [0.717, 1.165) is 16.9 Å². The van der Waals surface area contributed by atoms with Crippen LogP contribution in [-0.2, 0) is 6.61 Å². The summed E-state index contributed by atoms with van der Waals surface area (Å²) in [4.78, 5) is 14.6. The number of carbonyl (C=O) groups excluding carboxylic acids is 1. The number of urea groups is 1. The van der Waals surface area contributed by atoms with Crippen molar-refractivity contribution in [1.29, 1.82) is 0 Å². The topological polar surface area (TPSA) is 50.8 Å². The number of ether oxygens (including phenoxy) is 2. The normalized spacial score (nSPS) is 15.5. The molecule has 1 aliphatic heterocycles. The summed E-state index contributed by atoms with van der Waals surface area (Å²) in [5.74, 6) is 1.69. The molecule has 2 amide bonds. The molecule has 160 valence electrons. The fourth-order valence-corrected chi connectivity index (χ4v) is 4.66. The van der Waals surface area contributed by atoms with Gasteiger partial charge in [0.2, 0.25) is 0 Å². The first-order chi connectivity index (χ1) is 15.1. The van der Waals surface area contributed by atoms with Crippen molar-refractivity contribution in [2.75, 3.05) is 24.7 Å². The van der Waals surface area contributed by atoms with Gasteiger partial charge >= 0.3 is 6.03 Å². The molecule has 3 aromatic rings. The molecule has 5 nitrogen and oxygen atoms in total. The van der Waals surface area contributed by atoms with E-state index in [1.807, 2.05) is 48.5 Å². The van der Waals surface area contributed by atoms with Gasteiger partial charge in [-0.05, 0) is 41.5 Å². The molecule has 0 radical (unpaired) electrons. The van der Waals surface area contributed by atoms with E-state index in [9.17, 15) is 9.18 Å². The number of rotatable bonds is 6. The molecule has 1 unspecified atom stereocenters. The number of hydrogen-bond donors (Lipinski definition) is 1. The molecule has 0 aromatic heterocycles. The Balaban J connectivity index is 1.51. The molecule has 0 spiro atoms. The highest BCUT2D eigenvalue weighted by Gasteiger charge is 2.31. The number of anilines is 1. The van der Waals surface area contributed by atoms with Crippen LogP contribution in [0.5, 0.6) is 11.5 Å². The first-order valence-electron chi connectivity index (χ1n) is 9.93. The molecule has 1 saturated heterocycles. The number of nitrogens with zero attached hydrogens (tertiary/aromatic N) is 1. The lowest BCUT2D eigenvalue weighted by Gasteiger charge is -2.25. The van der Waals surface area contributed by atoms with Crippen LogP contribution in [-0.4, -0.2) is 30.3 Å². The third kappa shape index (κ3) is 5.11. The average Bonchev–Trinajstić information content (AvgIpc) is 3.28. The zero-order chi connectivity index (χ0) is 21.6. The summed E-state index contributed by atoms with van der Waals surface area (Å²) < 4.78 is 24.9. The number of halogens is 1. The summed E-state index contributed by atoms with van der Waals surface area (Å²) >= 11 is 1.68. The van der Waals surface area contributed by atoms with E-state index in [1.54, 1.807) is 35.9 Å². The predicted molar refractivity (Wildman–Crippen MR) is 121 cm³/mol. The first-order valence-corrected chi connectivity index (χ1v) is 11.0. The zero-order valence-electron chi connectivity index (χ0n) is 17.1. The highest BCUT2D eigenvalue weighted by atomic mass is 32.2. The molecule has 7 heteroatoms. The van der Waals surface area contributed by atoms with Gasteiger partial charge in [-0.1, -0.05) is 42.5 Å². The van der Waals surface area contributed by atoms with Crippen LogP contribution in [0, 0.1) is 5.82 Å². The van der Waals surface area contributed by atoms with Crippen LogP contribution in [0.15, 0.2) is 72.8 Å². The Kier molecular flexibility index (Phi) is 6.62. The highest BCUT2D eigenvalue weighted by molar-refractivity contribution is 7.99. The van der Waals surface area contributed by atoms with E-state index < -0.39 is 0 Å². The summed E-state index contributed by atoms with van der Waals surface area (Å²) in [7, 11) is 1.60. The molecule has 31 heavy (non-hydrogen) atoms. The summed E-state index contributed by atoms with van der Waals surface area (Å²) in [6, 6.07) is 21.3. The third-order valence-corrected chi connectivity index (χ3v) is 6.20. The fraction of sp³-hybridized carbons (Fsp3) is 0.208. The molecule has 4 rings (SSSR count). The smallest absolute Gasteiger partial charge is 0.323 e. The molecule has 0 saturated carbocycles. The van der Waals surface area contributed by atoms with Crippen molar-refractivity contribution >= 4 is 23.5 Å². The Labute approximate surface area is 185 Å². The van der Waals surface area contributed by atoms with Crippen LogP contribution in [0.2, 0.25) is 0 Å². The standard InChI is InChI=1S/C24H23FN2O3S/c1-29-21-11-10-18(14-22(21)30-16-17-6-3-2-4-7-17)23-27(12-13-31-23)24(28)26-20-9-5-8-19(25)15-20/h2-11,14-15,23H,12-13,16H2,1H3,(H,26,28). The molecular weight excluding hydrogens is 415 g/mol. The Morgan fingerprint density at radius 1 is 1.10 bits per heavy atom. The minimum atomic E-state index is -0.388. The maximum atomic E-state index is 13.5. The molecular formula is C24H23FN2O3S. The molecule has 3 aromatic carbocycles. The number of thioether (sulfide) groups is 1. The van der Waals surface area contributed by atoms with Gasteiger partial charge in [0.05, 0.1) is 7.11 Å². The molecule has 1 heterocycles. The Bertz CT molecular complexity index is 1050. The maximum Gasteiger partial charge on any atom is 0.323 e. The van der Waals surface area contributed by atoms with E-state index in [0.29, 0.717) is 30.3 Å². The van der Waals surface area contributed by atoms with Gasteiger partial charge in [0.15, 0.2) is 11.5 Å². The van der Waals surface area contributed by atoms with Crippen LogP contribution in [0.25, 0.3) is 0 Å². The van der Waals surface area contributed by atoms with Crippen molar-refractivity contribution in [3.05, 3.63) is 89.7 Å². The minimum Gasteiger partial charge on any atom is -0.493 e.